The number of ether oxygens (including phenoxy) is 1. The van der Waals surface area contributed by atoms with E-state index in [0.717, 1.165) is 11.1 Å². The van der Waals surface area contributed by atoms with Crippen LogP contribution >= 0.6 is 0 Å². The number of nitrogens with two attached hydrogens (primary N) is 1. The number of pyridine rings is 1. The Bertz CT molecular complexity index is 742. The number of rotatable bonds is 7. The lowest BCUT2D eigenvalue weighted by molar-refractivity contribution is -0.126. The molecule has 1 heterocycles. The first kappa shape index (κ1) is 18.2. The molecule has 0 spiro atoms. The van der Waals surface area contributed by atoms with Gasteiger partial charge in [-0.3, -0.25) is 14.6 Å². The van der Waals surface area contributed by atoms with E-state index in [1.54, 1.807) is 54.7 Å². The van der Waals surface area contributed by atoms with Crippen molar-refractivity contribution < 1.29 is 14.3 Å². The molecule has 2 rings (SSSR count). The first-order valence-corrected chi connectivity index (χ1v) is 7.83. The summed E-state index contributed by atoms with van der Waals surface area (Å²) in [6.45, 7) is 1.79. The molecule has 6 nitrogen and oxygen atoms in total. The van der Waals surface area contributed by atoms with Gasteiger partial charge in [0.2, 0.25) is 5.91 Å². The number of amides is 2. The first-order valence-electron chi connectivity index (χ1n) is 7.83. The van der Waals surface area contributed by atoms with Crippen molar-refractivity contribution in [3.63, 3.8) is 0 Å². The van der Waals surface area contributed by atoms with Crippen molar-refractivity contribution >= 4 is 17.9 Å². The van der Waals surface area contributed by atoms with E-state index in [0.29, 0.717) is 5.75 Å². The standard InChI is InChI=1S/C19H21N3O3/c1-14(16-4-3-11-21-12-16)22(2)19(24)10-7-15-5-8-17(9-6-15)25-13-18(20)23/h3-12,14H,13H2,1-2H3,(H2,20,23)/b10-7+/t14-/m1/s1. The number of likely N-dealkylation sites (N-methyl/N-ethyl adjacent to an activating group) is 1. The van der Waals surface area contributed by atoms with Gasteiger partial charge in [0.15, 0.2) is 6.61 Å². The second kappa shape index (κ2) is 8.63. The lowest BCUT2D eigenvalue weighted by Crippen LogP contribution is -2.28. The third-order valence-electron chi connectivity index (χ3n) is 3.77. The van der Waals surface area contributed by atoms with Crippen molar-refractivity contribution in [2.24, 2.45) is 5.73 Å². The van der Waals surface area contributed by atoms with Crippen molar-refractivity contribution in [3.05, 3.63) is 66.0 Å². The average Bonchev–Trinajstić information content (AvgIpc) is 2.64. The third-order valence-corrected chi connectivity index (χ3v) is 3.77. The molecule has 0 aliphatic rings. The molecule has 0 fully saturated rings. The van der Waals surface area contributed by atoms with E-state index in [1.165, 1.54) is 6.08 Å². The maximum absolute atomic E-state index is 12.3. The zero-order valence-corrected chi connectivity index (χ0v) is 14.3. The highest BCUT2D eigenvalue weighted by atomic mass is 16.5. The lowest BCUT2D eigenvalue weighted by Gasteiger charge is -2.23. The van der Waals surface area contributed by atoms with Crippen LogP contribution < -0.4 is 10.5 Å². The molecule has 0 bridgehead atoms. The van der Waals surface area contributed by atoms with Crippen molar-refractivity contribution in [2.45, 2.75) is 13.0 Å². The molecule has 2 aromatic rings. The summed E-state index contributed by atoms with van der Waals surface area (Å²) in [5.74, 6) is -0.0876. The summed E-state index contributed by atoms with van der Waals surface area (Å²) in [7, 11) is 1.76. The van der Waals surface area contributed by atoms with Gasteiger partial charge in [0.25, 0.3) is 5.91 Å². The summed E-state index contributed by atoms with van der Waals surface area (Å²) in [6, 6.07) is 10.7. The largest absolute Gasteiger partial charge is 0.484 e. The van der Waals surface area contributed by atoms with Crippen LogP contribution in [-0.4, -0.2) is 35.4 Å². The number of hydrogen-bond acceptors (Lipinski definition) is 4. The predicted octanol–water partition coefficient (Wildman–Crippen LogP) is 2.18. The van der Waals surface area contributed by atoms with Gasteiger partial charge >= 0.3 is 0 Å². The molecule has 0 saturated carbocycles. The summed E-state index contributed by atoms with van der Waals surface area (Å²) in [5.41, 5.74) is 6.85. The van der Waals surface area contributed by atoms with Gasteiger partial charge in [0.05, 0.1) is 6.04 Å². The van der Waals surface area contributed by atoms with Gasteiger partial charge < -0.3 is 15.4 Å². The third kappa shape index (κ3) is 5.46. The number of nitrogens with zero attached hydrogens (tertiary/aromatic N) is 2. The van der Waals surface area contributed by atoms with E-state index >= 15 is 0 Å². The molecule has 130 valence electrons. The van der Waals surface area contributed by atoms with E-state index in [2.05, 4.69) is 4.98 Å². The van der Waals surface area contributed by atoms with Crippen molar-refractivity contribution in [1.29, 1.82) is 0 Å². The SMILES string of the molecule is C[C@H](c1cccnc1)N(C)C(=O)/C=C/c1ccc(OCC(N)=O)cc1. The molecule has 0 radical (unpaired) electrons. The highest BCUT2D eigenvalue weighted by Gasteiger charge is 2.15. The first-order chi connectivity index (χ1) is 12.0. The second-order valence-corrected chi connectivity index (χ2v) is 5.57. The normalized spacial score (nSPS) is 11.9. The topological polar surface area (TPSA) is 85.5 Å². The van der Waals surface area contributed by atoms with E-state index in [9.17, 15) is 9.59 Å². The van der Waals surface area contributed by atoms with Gasteiger partial charge in [-0.15, -0.1) is 0 Å². The molecule has 1 atom stereocenters. The number of primary amides is 1. The Morgan fingerprint density at radius 1 is 1.28 bits per heavy atom. The molecule has 0 aliphatic carbocycles. The van der Waals surface area contributed by atoms with Gasteiger partial charge in [0, 0.05) is 25.5 Å². The maximum Gasteiger partial charge on any atom is 0.255 e. The Hall–Kier alpha value is -3.15. The molecular weight excluding hydrogens is 318 g/mol. The van der Waals surface area contributed by atoms with Crippen LogP contribution in [0.5, 0.6) is 5.75 Å². The highest BCUT2D eigenvalue weighted by molar-refractivity contribution is 5.91. The van der Waals surface area contributed by atoms with Gasteiger partial charge in [-0.05, 0) is 42.3 Å². The Kier molecular flexibility index (Phi) is 6.28. The molecule has 1 aromatic heterocycles. The van der Waals surface area contributed by atoms with Gasteiger partial charge in [-0.2, -0.15) is 0 Å². The molecule has 0 aliphatic heterocycles. The van der Waals surface area contributed by atoms with Crippen molar-refractivity contribution in [1.82, 2.24) is 9.88 Å². The second-order valence-electron chi connectivity index (χ2n) is 5.57. The summed E-state index contributed by atoms with van der Waals surface area (Å²) in [4.78, 5) is 28.7. The summed E-state index contributed by atoms with van der Waals surface area (Å²) >= 11 is 0. The molecule has 1 aromatic carbocycles. The van der Waals surface area contributed by atoms with Crippen molar-refractivity contribution in [3.8, 4) is 5.75 Å². The Morgan fingerprint density at radius 2 is 2.00 bits per heavy atom. The summed E-state index contributed by atoms with van der Waals surface area (Å²) in [5, 5.41) is 0. The fraction of sp³-hybridized carbons (Fsp3) is 0.211. The molecule has 2 N–H and O–H groups in total. The van der Waals surface area contributed by atoms with E-state index in [-0.39, 0.29) is 18.6 Å². The Morgan fingerprint density at radius 3 is 2.60 bits per heavy atom. The van der Waals surface area contributed by atoms with Crippen LogP contribution in [0.3, 0.4) is 0 Å². The van der Waals surface area contributed by atoms with Crippen LogP contribution in [-0.2, 0) is 9.59 Å². The average molecular weight is 339 g/mol. The van der Waals surface area contributed by atoms with Gasteiger partial charge in [0.1, 0.15) is 5.75 Å². The van der Waals surface area contributed by atoms with E-state index in [1.807, 2.05) is 19.1 Å². The van der Waals surface area contributed by atoms with Gasteiger partial charge in [-0.1, -0.05) is 18.2 Å². The van der Waals surface area contributed by atoms with Crippen LogP contribution in [0.4, 0.5) is 0 Å². The summed E-state index contributed by atoms with van der Waals surface area (Å²) in [6.07, 6.45) is 6.70. The number of carbonyl (C=O) groups excluding carboxylic acids is 2. The van der Waals surface area contributed by atoms with Gasteiger partial charge in [-0.25, -0.2) is 0 Å². The quantitative estimate of drug-likeness (QED) is 0.784. The summed E-state index contributed by atoms with van der Waals surface area (Å²) < 4.78 is 5.19. The molecule has 25 heavy (non-hydrogen) atoms. The fourth-order valence-electron chi connectivity index (χ4n) is 2.15. The Labute approximate surface area is 146 Å². The number of benzene rings is 1. The van der Waals surface area contributed by atoms with E-state index < -0.39 is 5.91 Å². The van der Waals surface area contributed by atoms with Crippen LogP contribution in [0.2, 0.25) is 0 Å². The Balaban J connectivity index is 1.96. The van der Waals surface area contributed by atoms with Crippen LogP contribution in [0.1, 0.15) is 24.1 Å². The number of hydrogen-bond donors (Lipinski definition) is 1. The highest BCUT2D eigenvalue weighted by Crippen LogP contribution is 2.18. The zero-order valence-electron chi connectivity index (χ0n) is 14.3. The molecule has 6 heteroatoms. The minimum atomic E-state index is -0.527. The lowest BCUT2D eigenvalue weighted by atomic mass is 10.1. The monoisotopic (exact) mass is 339 g/mol. The van der Waals surface area contributed by atoms with E-state index in [4.69, 9.17) is 10.5 Å². The minimum absolute atomic E-state index is 0.0737. The van der Waals surface area contributed by atoms with Crippen LogP contribution in [0.15, 0.2) is 54.9 Å². The smallest absolute Gasteiger partial charge is 0.255 e. The fourth-order valence-corrected chi connectivity index (χ4v) is 2.15. The maximum atomic E-state index is 12.3. The number of aromatic nitrogens is 1. The molecule has 0 saturated heterocycles. The van der Waals surface area contributed by atoms with Crippen molar-refractivity contribution in [2.75, 3.05) is 13.7 Å². The minimum Gasteiger partial charge on any atom is -0.484 e. The number of carbonyl (C=O) groups is 2. The molecule has 0 unspecified atom stereocenters. The van der Waals surface area contributed by atoms with Crippen LogP contribution in [0, 0.1) is 0 Å². The zero-order chi connectivity index (χ0) is 18.2. The van der Waals surface area contributed by atoms with Crippen LogP contribution in [0.25, 0.3) is 6.08 Å². The molecule has 2 amide bonds. The predicted molar refractivity (Wildman–Crippen MR) is 95.6 cm³/mol. The molecular formula is C19H21N3O3.